The fraction of sp³-hybridized carbons (Fsp3) is 0.120. The quantitative estimate of drug-likeness (QED) is 0.383. The van der Waals surface area contributed by atoms with Crippen LogP contribution < -0.4 is 20.9 Å². The van der Waals surface area contributed by atoms with Gasteiger partial charge >= 0.3 is 0 Å². The molecular formula is C25H21N5O3S. The molecule has 34 heavy (non-hydrogen) atoms. The summed E-state index contributed by atoms with van der Waals surface area (Å²) in [6.45, 7) is 2.43. The number of fused-ring (bicyclic) bond motifs is 2. The second kappa shape index (κ2) is 8.95. The zero-order valence-electron chi connectivity index (χ0n) is 18.5. The first-order chi connectivity index (χ1) is 16.5. The Labute approximate surface area is 198 Å². The number of methoxy groups -OCH3 is 1. The van der Waals surface area contributed by atoms with E-state index >= 15 is 0 Å². The number of nitrogens with zero attached hydrogens (tertiary/aromatic N) is 3. The van der Waals surface area contributed by atoms with Gasteiger partial charge in [0.15, 0.2) is 0 Å². The summed E-state index contributed by atoms with van der Waals surface area (Å²) in [7, 11) is 1.59. The van der Waals surface area contributed by atoms with E-state index in [4.69, 9.17) is 4.74 Å². The van der Waals surface area contributed by atoms with Crippen LogP contribution in [0.1, 0.15) is 21.5 Å². The Balaban J connectivity index is 1.43. The van der Waals surface area contributed by atoms with Crippen molar-refractivity contribution in [1.29, 1.82) is 0 Å². The molecule has 2 N–H and O–H groups in total. The van der Waals surface area contributed by atoms with Crippen molar-refractivity contribution >= 4 is 43.9 Å². The van der Waals surface area contributed by atoms with E-state index in [-0.39, 0.29) is 11.5 Å². The second-order valence-electron chi connectivity index (χ2n) is 7.74. The molecule has 2 aromatic heterocycles. The van der Waals surface area contributed by atoms with Gasteiger partial charge in [-0.05, 0) is 42.8 Å². The Kier molecular flexibility index (Phi) is 5.69. The first kappa shape index (κ1) is 21.6. The summed E-state index contributed by atoms with van der Waals surface area (Å²) in [6.07, 6.45) is 0. The SMILES string of the molecule is COc1ccccc1Nc1nn2c(=O)c3ccc(C(=O)NCc4ccc(C)cc4)cc3nc2s1. The van der Waals surface area contributed by atoms with Crippen LogP contribution >= 0.6 is 11.3 Å². The van der Waals surface area contributed by atoms with Crippen molar-refractivity contribution in [3.63, 3.8) is 0 Å². The smallest absolute Gasteiger partial charge is 0.283 e. The number of hydrogen-bond donors (Lipinski definition) is 2. The van der Waals surface area contributed by atoms with E-state index < -0.39 is 0 Å². The van der Waals surface area contributed by atoms with Crippen LogP contribution in [0.4, 0.5) is 10.8 Å². The number of para-hydroxylation sites is 2. The van der Waals surface area contributed by atoms with Gasteiger partial charge in [0, 0.05) is 12.1 Å². The van der Waals surface area contributed by atoms with Gasteiger partial charge in [-0.1, -0.05) is 53.3 Å². The molecule has 0 bridgehead atoms. The summed E-state index contributed by atoms with van der Waals surface area (Å²) in [6, 6.07) is 20.3. The second-order valence-corrected chi connectivity index (χ2v) is 8.70. The number of aryl methyl sites for hydroxylation is 1. The molecule has 170 valence electrons. The van der Waals surface area contributed by atoms with E-state index in [1.807, 2.05) is 55.5 Å². The molecule has 1 amide bonds. The van der Waals surface area contributed by atoms with Crippen molar-refractivity contribution in [1.82, 2.24) is 19.9 Å². The van der Waals surface area contributed by atoms with Gasteiger partial charge in [0.1, 0.15) is 5.75 Å². The molecule has 0 aliphatic carbocycles. The molecule has 0 unspecified atom stereocenters. The van der Waals surface area contributed by atoms with Crippen LogP contribution in [0.3, 0.4) is 0 Å². The number of hydrogen-bond acceptors (Lipinski definition) is 7. The van der Waals surface area contributed by atoms with Gasteiger partial charge in [-0.3, -0.25) is 9.59 Å². The third kappa shape index (κ3) is 4.20. The molecular weight excluding hydrogens is 450 g/mol. The number of ether oxygens (including phenoxy) is 1. The fourth-order valence-electron chi connectivity index (χ4n) is 3.55. The van der Waals surface area contributed by atoms with Crippen molar-refractivity contribution in [2.24, 2.45) is 0 Å². The lowest BCUT2D eigenvalue weighted by atomic mass is 10.1. The number of anilines is 2. The van der Waals surface area contributed by atoms with Crippen molar-refractivity contribution in [2.75, 3.05) is 12.4 Å². The highest BCUT2D eigenvalue weighted by Crippen LogP contribution is 2.29. The van der Waals surface area contributed by atoms with Gasteiger partial charge in [-0.25, -0.2) is 4.98 Å². The van der Waals surface area contributed by atoms with E-state index in [0.29, 0.717) is 38.9 Å². The van der Waals surface area contributed by atoms with Gasteiger partial charge in [0.2, 0.25) is 10.1 Å². The summed E-state index contributed by atoms with van der Waals surface area (Å²) >= 11 is 1.24. The summed E-state index contributed by atoms with van der Waals surface area (Å²) in [4.78, 5) is 30.7. The highest BCUT2D eigenvalue weighted by atomic mass is 32.1. The molecule has 0 saturated heterocycles. The molecule has 5 aromatic rings. The molecule has 3 aromatic carbocycles. The van der Waals surface area contributed by atoms with Crippen LogP contribution in [-0.4, -0.2) is 27.6 Å². The lowest BCUT2D eigenvalue weighted by Gasteiger charge is -2.07. The predicted molar refractivity (Wildman–Crippen MR) is 133 cm³/mol. The minimum Gasteiger partial charge on any atom is -0.495 e. The number of carbonyl (C=O) groups is 1. The van der Waals surface area contributed by atoms with E-state index in [1.165, 1.54) is 15.9 Å². The molecule has 0 aliphatic heterocycles. The molecule has 0 atom stereocenters. The third-order valence-corrected chi connectivity index (χ3v) is 6.20. The van der Waals surface area contributed by atoms with Gasteiger partial charge in [0.25, 0.3) is 11.5 Å². The summed E-state index contributed by atoms with van der Waals surface area (Å²) in [5.74, 6) is 0.431. The van der Waals surface area contributed by atoms with Crippen molar-refractivity contribution in [2.45, 2.75) is 13.5 Å². The lowest BCUT2D eigenvalue weighted by molar-refractivity contribution is 0.0951. The van der Waals surface area contributed by atoms with E-state index in [0.717, 1.165) is 16.8 Å². The number of nitrogens with one attached hydrogen (secondary N) is 2. The third-order valence-electron chi connectivity index (χ3n) is 5.38. The Hall–Kier alpha value is -4.24. The maximum absolute atomic E-state index is 13.0. The summed E-state index contributed by atoms with van der Waals surface area (Å²) in [5, 5.41) is 11.4. The zero-order chi connectivity index (χ0) is 23.7. The van der Waals surface area contributed by atoms with Crippen molar-refractivity contribution in [3.8, 4) is 5.75 Å². The molecule has 0 spiro atoms. The average molecular weight is 472 g/mol. The predicted octanol–water partition coefficient (Wildman–Crippen LogP) is 4.29. The minimum atomic E-state index is -0.295. The average Bonchev–Trinajstić information content (AvgIpc) is 3.26. The molecule has 5 rings (SSSR count). The van der Waals surface area contributed by atoms with Crippen molar-refractivity contribution in [3.05, 3.63) is 93.8 Å². The van der Waals surface area contributed by atoms with Gasteiger partial charge in [0.05, 0.1) is 23.7 Å². The van der Waals surface area contributed by atoms with Crippen LogP contribution in [0.5, 0.6) is 5.75 Å². The molecule has 2 heterocycles. The number of aromatic nitrogens is 3. The summed E-state index contributed by atoms with van der Waals surface area (Å²) < 4.78 is 6.63. The summed E-state index contributed by atoms with van der Waals surface area (Å²) in [5.41, 5.74) is 3.49. The van der Waals surface area contributed by atoms with Gasteiger partial charge < -0.3 is 15.4 Å². The van der Waals surface area contributed by atoms with Gasteiger partial charge in [-0.15, -0.1) is 5.10 Å². The Morgan fingerprint density at radius 1 is 1.09 bits per heavy atom. The maximum Gasteiger partial charge on any atom is 0.283 e. The van der Waals surface area contributed by atoms with E-state index in [2.05, 4.69) is 20.7 Å². The molecule has 0 radical (unpaired) electrons. The number of amides is 1. The van der Waals surface area contributed by atoms with E-state index in [1.54, 1.807) is 25.3 Å². The Morgan fingerprint density at radius 3 is 2.68 bits per heavy atom. The zero-order valence-corrected chi connectivity index (χ0v) is 19.3. The van der Waals surface area contributed by atoms with Gasteiger partial charge in [-0.2, -0.15) is 4.52 Å². The van der Waals surface area contributed by atoms with Crippen LogP contribution in [0.25, 0.3) is 15.9 Å². The minimum absolute atomic E-state index is 0.229. The Morgan fingerprint density at radius 2 is 1.88 bits per heavy atom. The van der Waals surface area contributed by atoms with Crippen LogP contribution in [0, 0.1) is 6.92 Å². The van der Waals surface area contributed by atoms with Crippen LogP contribution in [0.2, 0.25) is 0 Å². The highest BCUT2D eigenvalue weighted by molar-refractivity contribution is 7.20. The lowest BCUT2D eigenvalue weighted by Crippen LogP contribution is -2.23. The highest BCUT2D eigenvalue weighted by Gasteiger charge is 2.14. The molecule has 9 heteroatoms. The van der Waals surface area contributed by atoms with Crippen LogP contribution in [0.15, 0.2) is 71.5 Å². The molecule has 0 saturated carbocycles. The number of rotatable bonds is 6. The maximum atomic E-state index is 13.0. The monoisotopic (exact) mass is 471 g/mol. The van der Waals surface area contributed by atoms with Crippen molar-refractivity contribution < 1.29 is 9.53 Å². The first-order valence-electron chi connectivity index (χ1n) is 10.6. The standard InChI is InChI=1S/C25H21N5O3S/c1-15-7-9-16(10-8-15)14-26-22(31)17-11-12-18-20(13-17)28-25-30(23(18)32)29-24(34-25)27-19-5-3-4-6-21(19)33-2/h3-13H,14H2,1-2H3,(H,26,31)(H,27,29). The topological polar surface area (TPSA) is 97.6 Å². The first-order valence-corrected chi connectivity index (χ1v) is 11.4. The van der Waals surface area contributed by atoms with Crippen LogP contribution in [-0.2, 0) is 6.54 Å². The number of carbonyl (C=O) groups excluding carboxylic acids is 1. The Bertz CT molecular complexity index is 1570. The normalized spacial score (nSPS) is 11.0. The molecule has 0 aliphatic rings. The largest absolute Gasteiger partial charge is 0.495 e. The molecule has 8 nitrogen and oxygen atoms in total. The molecule has 0 fully saturated rings. The van der Waals surface area contributed by atoms with E-state index in [9.17, 15) is 9.59 Å². The number of benzene rings is 3. The fourth-order valence-corrected chi connectivity index (χ4v) is 4.36.